The van der Waals surface area contributed by atoms with Gasteiger partial charge in [-0.1, -0.05) is 91.4 Å². The molecule has 3 aliphatic rings. The third-order valence-electron chi connectivity index (χ3n) is 11.6. The molecule has 7 N–H and O–H groups in total. The lowest BCUT2D eigenvalue weighted by Crippen LogP contribution is -2.62. The number of likely N-dealkylation sites (N-methyl/N-ethyl adjacent to an activating group) is 1. The van der Waals surface area contributed by atoms with E-state index in [0.29, 0.717) is 32.1 Å². The SMILES string of the molecule is CCCCCC[C@H]1OC(=O)CNC(=O)[C@H](C(C)O)NC(=O)[C@H](CN)NC(=O)[C@H](C2CCCCC2)NC(=O)[C@H](CC(C)C)N(C)C(=O)[C@@H]1CC1CCCCC1. The molecule has 1 aliphatic heterocycles. The van der Waals surface area contributed by atoms with Crippen LogP contribution in [0.5, 0.6) is 0 Å². The fraction of sp³-hybridized carbons (Fsp3) is 0.850. The fourth-order valence-electron chi connectivity index (χ4n) is 8.36. The van der Waals surface area contributed by atoms with Crippen molar-refractivity contribution in [2.75, 3.05) is 20.1 Å². The van der Waals surface area contributed by atoms with Crippen LogP contribution in [-0.2, 0) is 33.5 Å². The van der Waals surface area contributed by atoms with E-state index in [-0.39, 0.29) is 30.2 Å². The van der Waals surface area contributed by atoms with Crippen LogP contribution >= 0.6 is 0 Å². The first-order chi connectivity index (χ1) is 25.8. The highest BCUT2D eigenvalue weighted by molar-refractivity contribution is 5.96. The van der Waals surface area contributed by atoms with E-state index in [4.69, 9.17) is 10.5 Å². The summed E-state index contributed by atoms with van der Waals surface area (Å²) in [7, 11) is 1.63. The van der Waals surface area contributed by atoms with Crippen LogP contribution in [0.4, 0.5) is 0 Å². The maximum absolute atomic E-state index is 14.9. The number of amides is 5. The third-order valence-corrected chi connectivity index (χ3v) is 11.6. The lowest BCUT2D eigenvalue weighted by Gasteiger charge is -2.37. The Labute approximate surface area is 322 Å². The van der Waals surface area contributed by atoms with E-state index in [9.17, 15) is 33.9 Å². The molecular weight excluding hydrogens is 692 g/mol. The third kappa shape index (κ3) is 13.8. The van der Waals surface area contributed by atoms with Gasteiger partial charge in [-0.2, -0.15) is 0 Å². The van der Waals surface area contributed by atoms with Crippen molar-refractivity contribution in [1.29, 1.82) is 0 Å². The van der Waals surface area contributed by atoms with E-state index < -0.39 is 78.4 Å². The number of esters is 1. The molecule has 0 spiro atoms. The summed E-state index contributed by atoms with van der Waals surface area (Å²) in [6, 6.07) is -4.67. The van der Waals surface area contributed by atoms with Crippen LogP contribution in [0.3, 0.4) is 0 Å². The molecule has 0 bridgehead atoms. The van der Waals surface area contributed by atoms with Gasteiger partial charge in [-0.25, -0.2) is 0 Å². The molecule has 14 heteroatoms. The van der Waals surface area contributed by atoms with Crippen LogP contribution in [0.15, 0.2) is 0 Å². The van der Waals surface area contributed by atoms with Crippen molar-refractivity contribution in [3.05, 3.63) is 0 Å². The molecule has 1 unspecified atom stereocenters. The van der Waals surface area contributed by atoms with Crippen molar-refractivity contribution in [1.82, 2.24) is 26.2 Å². The minimum atomic E-state index is -1.47. The zero-order valence-corrected chi connectivity index (χ0v) is 33.5. The van der Waals surface area contributed by atoms with Crippen molar-refractivity contribution in [2.45, 2.75) is 173 Å². The predicted octanol–water partition coefficient (Wildman–Crippen LogP) is 2.83. The Morgan fingerprint density at radius 1 is 0.815 bits per heavy atom. The molecule has 308 valence electrons. The zero-order chi connectivity index (χ0) is 39.8. The van der Waals surface area contributed by atoms with Crippen LogP contribution in [0.25, 0.3) is 0 Å². The van der Waals surface area contributed by atoms with Crippen molar-refractivity contribution >= 4 is 35.5 Å². The van der Waals surface area contributed by atoms with E-state index in [1.807, 2.05) is 13.8 Å². The molecular formula is C40H70N6O8. The van der Waals surface area contributed by atoms with E-state index >= 15 is 0 Å². The Kier molecular flexibility index (Phi) is 19.2. The first kappa shape index (κ1) is 45.1. The van der Waals surface area contributed by atoms with Gasteiger partial charge in [0.15, 0.2) is 0 Å². The number of unbranched alkanes of at least 4 members (excludes halogenated alkanes) is 3. The Morgan fingerprint density at radius 3 is 2.06 bits per heavy atom. The minimum absolute atomic E-state index is 0.0230. The summed E-state index contributed by atoms with van der Waals surface area (Å²) in [4.78, 5) is 85.0. The Bertz CT molecular complexity index is 1230. The van der Waals surface area contributed by atoms with Crippen LogP contribution in [-0.4, -0.2) is 102 Å². The summed E-state index contributed by atoms with van der Waals surface area (Å²) < 4.78 is 6.10. The van der Waals surface area contributed by atoms with Gasteiger partial charge in [0.2, 0.25) is 29.5 Å². The number of carbonyl (C=O) groups excluding carboxylic acids is 6. The predicted molar refractivity (Wildman–Crippen MR) is 205 cm³/mol. The smallest absolute Gasteiger partial charge is 0.325 e. The molecule has 1 saturated heterocycles. The quantitative estimate of drug-likeness (QED) is 0.127. The molecule has 5 amide bonds. The number of aliphatic hydroxyl groups is 1. The van der Waals surface area contributed by atoms with Gasteiger partial charge in [0, 0.05) is 13.6 Å². The summed E-state index contributed by atoms with van der Waals surface area (Å²) in [6.07, 6.45) is 12.1. The maximum atomic E-state index is 14.9. The van der Waals surface area contributed by atoms with Crippen LogP contribution < -0.4 is 27.0 Å². The molecule has 0 radical (unpaired) electrons. The van der Waals surface area contributed by atoms with Crippen molar-refractivity contribution in [3.63, 3.8) is 0 Å². The second-order valence-corrected chi connectivity index (χ2v) is 16.4. The van der Waals surface area contributed by atoms with Crippen LogP contribution in [0.2, 0.25) is 0 Å². The zero-order valence-electron chi connectivity index (χ0n) is 33.5. The average Bonchev–Trinajstić information content (AvgIpc) is 3.15. The topological polar surface area (TPSA) is 209 Å². The maximum Gasteiger partial charge on any atom is 0.325 e. The Hall–Kier alpha value is -3.26. The van der Waals surface area contributed by atoms with Gasteiger partial charge >= 0.3 is 5.97 Å². The lowest BCUT2D eigenvalue weighted by atomic mass is 9.79. The van der Waals surface area contributed by atoms with Gasteiger partial charge in [0.25, 0.3) is 0 Å². The molecule has 1 heterocycles. The number of hydrogen-bond donors (Lipinski definition) is 6. The molecule has 0 aromatic carbocycles. The van der Waals surface area contributed by atoms with Crippen molar-refractivity contribution in [3.8, 4) is 0 Å². The molecule has 2 saturated carbocycles. The molecule has 54 heavy (non-hydrogen) atoms. The summed E-state index contributed by atoms with van der Waals surface area (Å²) >= 11 is 0. The standard InChI is InChI=1S/C40H70N6O8/c1-6-7-8-15-20-32-29(22-27-16-11-9-12-17-27)40(53)46(5)31(21-25(2)3)37(50)45-35(28-18-13-10-14-19-28)39(52)43-30(23-41)36(49)44-34(26(4)47)38(51)42-24-33(48)54-32/h25-32,34-35,47H,6-24,41H2,1-5H3,(H,42,51)(H,43,52)(H,44,49)(H,45,50)/t26?,29-,30+,31+,32-,34+,35+/m1/s1. The summed E-state index contributed by atoms with van der Waals surface area (Å²) in [5.41, 5.74) is 5.94. The number of nitrogens with zero attached hydrogens (tertiary/aromatic N) is 1. The molecule has 0 aromatic rings. The number of ether oxygens (including phenoxy) is 1. The number of nitrogens with one attached hydrogen (secondary N) is 4. The first-order valence-electron chi connectivity index (χ1n) is 20.8. The number of cyclic esters (lactones) is 1. The lowest BCUT2D eigenvalue weighted by molar-refractivity contribution is -0.159. The van der Waals surface area contributed by atoms with E-state index in [1.54, 1.807) is 7.05 Å². The Balaban J connectivity index is 2.11. The van der Waals surface area contributed by atoms with Crippen LogP contribution in [0.1, 0.15) is 137 Å². The van der Waals surface area contributed by atoms with Crippen molar-refractivity contribution < 1.29 is 38.6 Å². The summed E-state index contributed by atoms with van der Waals surface area (Å²) in [5.74, 6) is -4.38. The average molecular weight is 763 g/mol. The van der Waals surface area contributed by atoms with Gasteiger partial charge in [-0.3, -0.25) is 28.8 Å². The van der Waals surface area contributed by atoms with Gasteiger partial charge in [-0.15, -0.1) is 0 Å². The normalized spacial score (nSPS) is 28.9. The van der Waals surface area contributed by atoms with E-state index in [2.05, 4.69) is 28.2 Å². The molecule has 14 nitrogen and oxygen atoms in total. The number of carbonyl (C=O) groups is 6. The largest absolute Gasteiger partial charge is 0.460 e. The van der Waals surface area contributed by atoms with Gasteiger partial charge in [-0.05, 0) is 63.2 Å². The molecule has 7 atom stereocenters. The van der Waals surface area contributed by atoms with E-state index in [0.717, 1.165) is 77.0 Å². The summed E-state index contributed by atoms with van der Waals surface area (Å²) in [6.45, 7) is 6.50. The second-order valence-electron chi connectivity index (χ2n) is 16.4. The first-order valence-corrected chi connectivity index (χ1v) is 20.8. The molecule has 0 aromatic heterocycles. The minimum Gasteiger partial charge on any atom is -0.460 e. The highest BCUT2D eigenvalue weighted by Crippen LogP contribution is 2.34. The molecule has 3 rings (SSSR count). The van der Waals surface area contributed by atoms with Gasteiger partial charge in [0.05, 0.1) is 12.0 Å². The number of rotatable bonds is 12. The van der Waals surface area contributed by atoms with Crippen molar-refractivity contribution in [2.24, 2.45) is 29.4 Å². The number of aliphatic hydroxyl groups excluding tert-OH is 1. The highest BCUT2D eigenvalue weighted by atomic mass is 16.5. The molecule has 2 aliphatic carbocycles. The number of nitrogens with two attached hydrogens (primary N) is 1. The van der Waals surface area contributed by atoms with Gasteiger partial charge < -0.3 is 41.7 Å². The molecule has 3 fully saturated rings. The van der Waals surface area contributed by atoms with E-state index in [1.165, 1.54) is 11.8 Å². The Morgan fingerprint density at radius 2 is 1.46 bits per heavy atom. The fourth-order valence-corrected chi connectivity index (χ4v) is 8.36. The summed E-state index contributed by atoms with van der Waals surface area (Å²) in [5, 5.41) is 21.1. The monoisotopic (exact) mass is 763 g/mol. The number of hydrogen-bond acceptors (Lipinski definition) is 9. The van der Waals surface area contributed by atoms with Gasteiger partial charge in [0.1, 0.15) is 36.8 Å². The second kappa shape index (κ2) is 23.0. The highest BCUT2D eigenvalue weighted by Gasteiger charge is 2.41. The van der Waals surface area contributed by atoms with Crippen LogP contribution in [0, 0.1) is 23.7 Å².